The number of hydrogen-bond acceptors (Lipinski definition) is 3. The summed E-state index contributed by atoms with van der Waals surface area (Å²) in [4.78, 5) is 20.0. The molecule has 0 spiro atoms. The minimum Gasteiger partial charge on any atom is -0.406 e. The van der Waals surface area contributed by atoms with E-state index in [1.807, 2.05) is 0 Å². The smallest absolute Gasteiger partial charge is 0.406 e. The van der Waals surface area contributed by atoms with Gasteiger partial charge in [-0.15, -0.1) is 13.2 Å². The zero-order valence-electron chi connectivity index (χ0n) is 13.7. The van der Waals surface area contributed by atoms with Crippen molar-refractivity contribution in [1.82, 2.24) is 0 Å². The highest BCUT2D eigenvalue weighted by atomic mass is 19.4. The number of benzene rings is 2. The molecule has 0 unspecified atom stereocenters. The third kappa shape index (κ3) is 6.23. The highest BCUT2D eigenvalue weighted by Crippen LogP contribution is 2.25. The molecule has 0 saturated carbocycles. The van der Waals surface area contributed by atoms with Gasteiger partial charge in [-0.2, -0.15) is 4.99 Å². The molecule has 0 heterocycles. The van der Waals surface area contributed by atoms with E-state index in [2.05, 4.69) is 20.0 Å². The number of anilines is 1. The van der Waals surface area contributed by atoms with Crippen LogP contribution in [0, 0.1) is 0 Å². The van der Waals surface area contributed by atoms with E-state index in [9.17, 15) is 18.0 Å². The molecule has 7 N–H and O–H groups in total. The number of guanidine groups is 2. The Balaban J connectivity index is 2.18. The summed E-state index contributed by atoms with van der Waals surface area (Å²) in [5, 5.41) is 2.53. The number of alkyl halides is 3. The van der Waals surface area contributed by atoms with Crippen LogP contribution in [0.25, 0.3) is 0 Å². The number of para-hydroxylation sites is 1. The van der Waals surface area contributed by atoms with Gasteiger partial charge in [0.05, 0.1) is 11.3 Å². The number of ether oxygens (including phenoxy) is 1. The van der Waals surface area contributed by atoms with Crippen LogP contribution in [0.5, 0.6) is 5.75 Å². The second kappa shape index (κ2) is 8.08. The lowest BCUT2D eigenvalue weighted by molar-refractivity contribution is -0.274. The summed E-state index contributed by atoms with van der Waals surface area (Å²) in [5.74, 6) is -1.50. The lowest BCUT2D eigenvalue weighted by Gasteiger charge is -2.10. The van der Waals surface area contributed by atoms with Gasteiger partial charge in [-0.3, -0.25) is 4.79 Å². The molecule has 0 atom stereocenters. The highest BCUT2D eigenvalue weighted by Gasteiger charge is 2.30. The lowest BCUT2D eigenvalue weighted by Crippen LogP contribution is -2.26. The molecule has 11 heteroatoms. The number of carbonyl (C=O) groups excluding carboxylic acids is 1. The minimum atomic E-state index is -4.79. The normalized spacial score (nSPS) is 11.6. The largest absolute Gasteiger partial charge is 0.573 e. The van der Waals surface area contributed by atoms with Gasteiger partial charge < -0.3 is 27.3 Å². The van der Waals surface area contributed by atoms with Gasteiger partial charge in [0.15, 0.2) is 5.96 Å². The Hall–Kier alpha value is -3.76. The molecule has 0 fully saturated rings. The first-order valence-corrected chi connectivity index (χ1v) is 7.34. The number of nitrogens with one attached hydrogen (secondary N) is 1. The molecule has 27 heavy (non-hydrogen) atoms. The Morgan fingerprint density at radius 2 is 1.63 bits per heavy atom. The molecule has 0 aliphatic rings. The molecule has 2 aromatic rings. The Morgan fingerprint density at radius 3 is 2.22 bits per heavy atom. The molecule has 0 radical (unpaired) electrons. The van der Waals surface area contributed by atoms with E-state index in [1.54, 1.807) is 12.1 Å². The number of aliphatic imine (C=N–C) groups is 2. The summed E-state index contributed by atoms with van der Waals surface area (Å²) < 4.78 is 40.2. The molecule has 142 valence electrons. The van der Waals surface area contributed by atoms with Crippen LogP contribution < -0.4 is 27.3 Å². The van der Waals surface area contributed by atoms with Crippen LogP contribution >= 0.6 is 0 Å². The monoisotopic (exact) mass is 380 g/mol. The summed E-state index contributed by atoms with van der Waals surface area (Å²) in [5.41, 5.74) is 16.6. The van der Waals surface area contributed by atoms with E-state index in [0.717, 1.165) is 12.1 Å². The number of halogens is 3. The fraction of sp³-hybridized carbons (Fsp3) is 0.0625. The van der Waals surface area contributed by atoms with E-state index in [0.29, 0.717) is 0 Å². The van der Waals surface area contributed by atoms with Crippen LogP contribution in [0.15, 0.2) is 58.5 Å². The van der Waals surface area contributed by atoms with Crippen molar-refractivity contribution in [1.29, 1.82) is 0 Å². The van der Waals surface area contributed by atoms with Gasteiger partial charge in [-0.25, -0.2) is 4.99 Å². The molecule has 0 aliphatic heterocycles. The Labute approximate surface area is 151 Å². The molecule has 2 aromatic carbocycles. The summed E-state index contributed by atoms with van der Waals surface area (Å²) in [6, 6.07) is 10.9. The van der Waals surface area contributed by atoms with Crippen molar-refractivity contribution in [3.05, 3.63) is 54.1 Å². The minimum absolute atomic E-state index is 0.155. The predicted octanol–water partition coefficient (Wildman–Crippen LogP) is 2.06. The molecular formula is C16H15F3N6O2. The fourth-order valence-electron chi connectivity index (χ4n) is 1.98. The van der Waals surface area contributed by atoms with E-state index >= 15 is 0 Å². The van der Waals surface area contributed by atoms with Crippen molar-refractivity contribution >= 4 is 29.2 Å². The Bertz CT molecular complexity index is 874. The maximum atomic E-state index is 12.4. The maximum Gasteiger partial charge on any atom is 0.573 e. The Kier molecular flexibility index (Phi) is 5.85. The van der Waals surface area contributed by atoms with Crippen LogP contribution in [0.1, 0.15) is 10.4 Å². The summed E-state index contributed by atoms with van der Waals surface area (Å²) in [6.45, 7) is 0. The van der Waals surface area contributed by atoms with Gasteiger partial charge in [0, 0.05) is 5.69 Å². The van der Waals surface area contributed by atoms with Crippen molar-refractivity contribution in [3.63, 3.8) is 0 Å². The van der Waals surface area contributed by atoms with Crippen molar-refractivity contribution in [3.8, 4) is 5.75 Å². The van der Waals surface area contributed by atoms with E-state index < -0.39 is 18.0 Å². The van der Waals surface area contributed by atoms with Gasteiger partial charge >= 0.3 is 6.36 Å². The topological polar surface area (TPSA) is 141 Å². The molecule has 0 aliphatic carbocycles. The fourth-order valence-corrected chi connectivity index (χ4v) is 1.98. The molecule has 2 rings (SSSR count). The van der Waals surface area contributed by atoms with E-state index in [1.165, 1.54) is 24.3 Å². The average Bonchev–Trinajstić information content (AvgIpc) is 2.55. The van der Waals surface area contributed by atoms with Gasteiger partial charge in [0.1, 0.15) is 5.75 Å². The summed E-state index contributed by atoms with van der Waals surface area (Å²) in [7, 11) is 0. The second-order valence-corrected chi connectivity index (χ2v) is 5.05. The van der Waals surface area contributed by atoms with Gasteiger partial charge in [0.25, 0.3) is 5.91 Å². The van der Waals surface area contributed by atoms with Crippen LogP contribution in [0.4, 0.5) is 24.5 Å². The number of amides is 1. The predicted molar refractivity (Wildman–Crippen MR) is 94.6 cm³/mol. The molecule has 1 amide bonds. The number of nitrogens with two attached hydrogens (primary N) is 3. The first-order chi connectivity index (χ1) is 12.6. The van der Waals surface area contributed by atoms with E-state index in [4.69, 9.17) is 17.2 Å². The maximum absolute atomic E-state index is 12.4. The summed E-state index contributed by atoms with van der Waals surface area (Å²) in [6.07, 6.45) is -4.79. The zero-order valence-corrected chi connectivity index (χ0v) is 13.7. The lowest BCUT2D eigenvalue weighted by atomic mass is 10.1. The van der Waals surface area contributed by atoms with Crippen molar-refractivity contribution < 1.29 is 22.7 Å². The van der Waals surface area contributed by atoms with Gasteiger partial charge in [-0.1, -0.05) is 12.1 Å². The SMILES string of the molecule is NC(N)=NC(N)=Nc1ccccc1C(=O)Nc1ccc(OC(F)(F)F)cc1. The number of hydrogen-bond donors (Lipinski definition) is 4. The van der Waals surface area contributed by atoms with Crippen LogP contribution in [-0.4, -0.2) is 24.2 Å². The molecule has 0 aromatic heterocycles. The first kappa shape index (κ1) is 19.6. The van der Waals surface area contributed by atoms with Gasteiger partial charge in [-0.05, 0) is 36.4 Å². The molecular weight excluding hydrogens is 365 g/mol. The first-order valence-electron chi connectivity index (χ1n) is 7.34. The number of rotatable bonds is 4. The second-order valence-electron chi connectivity index (χ2n) is 5.05. The van der Waals surface area contributed by atoms with Gasteiger partial charge in [0.2, 0.25) is 5.96 Å². The highest BCUT2D eigenvalue weighted by molar-refractivity contribution is 6.08. The van der Waals surface area contributed by atoms with E-state index in [-0.39, 0.29) is 28.9 Å². The zero-order chi connectivity index (χ0) is 20.0. The molecule has 0 bridgehead atoms. The number of nitrogens with zero attached hydrogens (tertiary/aromatic N) is 2. The quantitative estimate of drug-likeness (QED) is 0.474. The van der Waals surface area contributed by atoms with Crippen LogP contribution in [0.3, 0.4) is 0 Å². The van der Waals surface area contributed by atoms with Crippen LogP contribution in [-0.2, 0) is 0 Å². The van der Waals surface area contributed by atoms with Crippen LogP contribution in [0.2, 0.25) is 0 Å². The molecule has 8 nitrogen and oxygen atoms in total. The summed E-state index contributed by atoms with van der Waals surface area (Å²) >= 11 is 0. The van der Waals surface area contributed by atoms with Crippen molar-refractivity contribution in [2.45, 2.75) is 6.36 Å². The number of carbonyl (C=O) groups is 1. The third-order valence-corrected chi connectivity index (χ3v) is 2.97. The Morgan fingerprint density at radius 1 is 1.00 bits per heavy atom. The standard InChI is InChI=1S/C16H15F3N6O2/c17-16(18,19)27-10-7-5-9(6-8-10)23-13(26)11-3-1-2-4-12(11)24-15(22)25-14(20)21/h1-8H,(H,23,26)(H6,20,21,22,24,25). The van der Waals surface area contributed by atoms with Crippen molar-refractivity contribution in [2.75, 3.05) is 5.32 Å². The average molecular weight is 380 g/mol. The third-order valence-electron chi connectivity index (χ3n) is 2.97. The molecule has 0 saturated heterocycles. The van der Waals surface area contributed by atoms with Crippen molar-refractivity contribution in [2.24, 2.45) is 27.2 Å².